The Kier molecular flexibility index (Phi) is 3.16. The van der Waals surface area contributed by atoms with E-state index in [2.05, 4.69) is 33.7 Å². The van der Waals surface area contributed by atoms with E-state index in [1.807, 2.05) is 24.3 Å². The van der Waals surface area contributed by atoms with Crippen molar-refractivity contribution in [3.8, 4) is 11.3 Å². The molecule has 0 radical (unpaired) electrons. The first kappa shape index (κ1) is 15.1. The van der Waals surface area contributed by atoms with Crippen LogP contribution in [0.3, 0.4) is 0 Å². The number of piperazine rings is 1. The number of benzene rings is 2. The Morgan fingerprint density at radius 3 is 2.69 bits per heavy atom. The largest absolute Gasteiger partial charge is 0.347 e. The number of carbonyl (C=O) groups excluding carboxylic acids is 2. The fourth-order valence-corrected chi connectivity index (χ4v) is 3.65. The zero-order valence-corrected chi connectivity index (χ0v) is 14.2. The Labute approximate surface area is 150 Å². The number of aromatic amines is 1. The topological polar surface area (TPSA) is 78.1 Å². The van der Waals surface area contributed by atoms with E-state index in [4.69, 9.17) is 0 Å². The van der Waals surface area contributed by atoms with E-state index in [9.17, 15) is 9.59 Å². The quantitative estimate of drug-likeness (QED) is 0.748. The summed E-state index contributed by atoms with van der Waals surface area (Å²) in [6, 6.07) is 16.0. The van der Waals surface area contributed by atoms with Crippen molar-refractivity contribution in [1.29, 1.82) is 0 Å². The van der Waals surface area contributed by atoms with Crippen molar-refractivity contribution in [2.24, 2.45) is 0 Å². The van der Waals surface area contributed by atoms with Crippen LogP contribution in [-0.2, 0) is 4.79 Å². The molecule has 1 saturated carbocycles. The molecule has 3 aromatic rings. The van der Waals surface area contributed by atoms with Gasteiger partial charge in [-0.2, -0.15) is 5.10 Å². The third-order valence-electron chi connectivity index (χ3n) is 5.23. The molecule has 1 aromatic heterocycles. The minimum absolute atomic E-state index is 0.0867. The molecule has 6 heteroatoms. The van der Waals surface area contributed by atoms with E-state index in [0.717, 1.165) is 34.9 Å². The maximum atomic E-state index is 12.8. The normalized spacial score (nSPS) is 18.2. The number of aromatic nitrogens is 2. The first-order chi connectivity index (χ1) is 12.6. The molecular formula is C20H18N4O2. The van der Waals surface area contributed by atoms with Crippen LogP contribution in [0.1, 0.15) is 23.3 Å². The first-order valence-electron chi connectivity index (χ1n) is 8.77. The second-order valence-corrected chi connectivity index (χ2v) is 7.22. The second-order valence-electron chi connectivity index (χ2n) is 7.22. The van der Waals surface area contributed by atoms with Crippen molar-refractivity contribution in [2.75, 3.05) is 13.1 Å². The molecule has 2 fully saturated rings. The third kappa shape index (κ3) is 2.54. The van der Waals surface area contributed by atoms with Crippen molar-refractivity contribution >= 4 is 22.6 Å². The summed E-state index contributed by atoms with van der Waals surface area (Å²) in [5, 5.41) is 12.4. The van der Waals surface area contributed by atoms with Crippen LogP contribution < -0.4 is 5.32 Å². The Morgan fingerprint density at radius 2 is 1.88 bits per heavy atom. The summed E-state index contributed by atoms with van der Waals surface area (Å²) in [6.07, 6.45) is 1.88. The monoisotopic (exact) mass is 346 g/mol. The number of nitrogens with zero attached hydrogens (tertiary/aromatic N) is 2. The van der Waals surface area contributed by atoms with Crippen molar-refractivity contribution in [1.82, 2.24) is 20.4 Å². The number of hydrogen-bond acceptors (Lipinski definition) is 3. The summed E-state index contributed by atoms with van der Waals surface area (Å²) in [5.41, 5.74) is 1.90. The Balaban J connectivity index is 1.42. The molecule has 2 N–H and O–H groups in total. The van der Waals surface area contributed by atoms with E-state index >= 15 is 0 Å². The summed E-state index contributed by atoms with van der Waals surface area (Å²) < 4.78 is 0. The van der Waals surface area contributed by atoms with Crippen LogP contribution in [0.25, 0.3) is 22.0 Å². The summed E-state index contributed by atoms with van der Waals surface area (Å²) in [6.45, 7) is 0.673. The number of nitrogens with one attached hydrogen (secondary N) is 2. The summed E-state index contributed by atoms with van der Waals surface area (Å²) >= 11 is 0. The highest BCUT2D eigenvalue weighted by Gasteiger charge is 2.49. The summed E-state index contributed by atoms with van der Waals surface area (Å²) in [5.74, 6) is -0.262. The SMILES string of the molecule is O=C1CN(C(=O)c2cc(-c3ccc4ccccc4c3)n[nH]2)CC2(CC2)N1. The molecule has 26 heavy (non-hydrogen) atoms. The van der Waals surface area contributed by atoms with Gasteiger partial charge in [0.15, 0.2) is 0 Å². The highest BCUT2D eigenvalue weighted by Crippen LogP contribution is 2.38. The van der Waals surface area contributed by atoms with Crippen molar-refractivity contribution < 1.29 is 9.59 Å². The average Bonchev–Trinajstić information content (AvgIpc) is 3.20. The number of hydrogen-bond donors (Lipinski definition) is 2. The molecule has 0 atom stereocenters. The highest BCUT2D eigenvalue weighted by molar-refractivity contribution is 5.97. The molecule has 0 bridgehead atoms. The fourth-order valence-electron chi connectivity index (χ4n) is 3.65. The van der Waals surface area contributed by atoms with Gasteiger partial charge < -0.3 is 10.2 Å². The Morgan fingerprint density at radius 1 is 1.08 bits per heavy atom. The van der Waals surface area contributed by atoms with Crippen LogP contribution >= 0.6 is 0 Å². The average molecular weight is 346 g/mol. The molecule has 1 aliphatic carbocycles. The molecule has 2 amide bonds. The molecule has 1 aliphatic heterocycles. The predicted molar refractivity (Wildman–Crippen MR) is 97.5 cm³/mol. The molecule has 0 unspecified atom stereocenters. The third-order valence-corrected chi connectivity index (χ3v) is 5.23. The lowest BCUT2D eigenvalue weighted by molar-refractivity contribution is -0.125. The molecule has 2 heterocycles. The zero-order valence-electron chi connectivity index (χ0n) is 14.2. The van der Waals surface area contributed by atoms with Gasteiger partial charge in [-0.05, 0) is 35.7 Å². The molecular weight excluding hydrogens is 328 g/mol. The van der Waals surface area contributed by atoms with Crippen LogP contribution in [0.2, 0.25) is 0 Å². The minimum Gasteiger partial charge on any atom is -0.347 e. The molecule has 6 nitrogen and oxygen atoms in total. The lowest BCUT2D eigenvalue weighted by Crippen LogP contribution is -2.57. The molecule has 130 valence electrons. The minimum atomic E-state index is -0.188. The predicted octanol–water partition coefficient (Wildman–Crippen LogP) is 2.33. The number of amides is 2. The zero-order chi connectivity index (χ0) is 17.7. The van der Waals surface area contributed by atoms with Crippen molar-refractivity contribution in [3.05, 3.63) is 54.2 Å². The maximum absolute atomic E-state index is 12.8. The van der Waals surface area contributed by atoms with Gasteiger partial charge in [0, 0.05) is 12.1 Å². The molecule has 2 aromatic carbocycles. The smallest absolute Gasteiger partial charge is 0.272 e. The van der Waals surface area contributed by atoms with E-state index in [-0.39, 0.29) is 23.9 Å². The van der Waals surface area contributed by atoms with E-state index in [1.54, 1.807) is 11.0 Å². The van der Waals surface area contributed by atoms with Gasteiger partial charge in [0.05, 0.1) is 17.8 Å². The van der Waals surface area contributed by atoms with Gasteiger partial charge in [-0.25, -0.2) is 0 Å². The number of fused-ring (bicyclic) bond motifs is 1. The highest BCUT2D eigenvalue weighted by atomic mass is 16.2. The van der Waals surface area contributed by atoms with E-state index in [1.165, 1.54) is 0 Å². The summed E-state index contributed by atoms with van der Waals surface area (Å²) in [4.78, 5) is 26.3. The second kappa shape index (κ2) is 5.42. The molecule has 5 rings (SSSR count). The van der Waals surface area contributed by atoms with Gasteiger partial charge in [-0.3, -0.25) is 14.7 Å². The van der Waals surface area contributed by atoms with Crippen LogP contribution in [0.15, 0.2) is 48.5 Å². The molecule has 1 spiro atoms. The fraction of sp³-hybridized carbons (Fsp3) is 0.250. The van der Waals surface area contributed by atoms with Gasteiger partial charge in [0.25, 0.3) is 5.91 Å². The lowest BCUT2D eigenvalue weighted by Gasteiger charge is -2.32. The van der Waals surface area contributed by atoms with Crippen LogP contribution in [0.4, 0.5) is 0 Å². The first-order valence-corrected chi connectivity index (χ1v) is 8.77. The Hall–Kier alpha value is -3.15. The van der Waals surface area contributed by atoms with Crippen LogP contribution in [0, 0.1) is 0 Å². The Bertz CT molecular complexity index is 1030. The number of carbonyl (C=O) groups is 2. The number of rotatable bonds is 2. The van der Waals surface area contributed by atoms with Crippen molar-refractivity contribution in [3.63, 3.8) is 0 Å². The lowest BCUT2D eigenvalue weighted by atomic mass is 10.0. The van der Waals surface area contributed by atoms with E-state index < -0.39 is 0 Å². The van der Waals surface area contributed by atoms with Gasteiger partial charge in [0.1, 0.15) is 5.69 Å². The van der Waals surface area contributed by atoms with Crippen LogP contribution in [0.5, 0.6) is 0 Å². The number of H-pyrrole nitrogens is 1. The van der Waals surface area contributed by atoms with Gasteiger partial charge in [-0.1, -0.05) is 36.4 Å². The molecule has 1 saturated heterocycles. The summed E-state index contributed by atoms with van der Waals surface area (Å²) in [7, 11) is 0. The van der Waals surface area contributed by atoms with Crippen molar-refractivity contribution in [2.45, 2.75) is 18.4 Å². The maximum Gasteiger partial charge on any atom is 0.272 e. The van der Waals surface area contributed by atoms with Gasteiger partial charge in [0.2, 0.25) is 5.91 Å². The molecule has 2 aliphatic rings. The van der Waals surface area contributed by atoms with Gasteiger partial charge >= 0.3 is 0 Å². The van der Waals surface area contributed by atoms with Crippen LogP contribution in [-0.4, -0.2) is 45.5 Å². The van der Waals surface area contributed by atoms with Gasteiger partial charge in [-0.15, -0.1) is 0 Å². The standard InChI is InChI=1S/C20H18N4O2/c25-18-11-24(12-20(21-18)7-8-20)19(26)17-10-16(22-23-17)15-6-5-13-3-1-2-4-14(13)9-15/h1-6,9-10H,7-8,11-12H2,(H,21,25)(H,22,23). The van der Waals surface area contributed by atoms with E-state index in [0.29, 0.717) is 12.2 Å².